The number of carboxylic acids is 1. The Kier molecular flexibility index (Phi) is 5.69. The van der Waals surface area contributed by atoms with Crippen molar-refractivity contribution in [2.24, 2.45) is 0 Å². The number of hydrogen-bond acceptors (Lipinski definition) is 4. The Morgan fingerprint density at radius 1 is 1.10 bits per heavy atom. The molecule has 2 N–H and O–H groups in total. The van der Waals surface area contributed by atoms with Gasteiger partial charge in [0.05, 0.1) is 6.54 Å². The van der Waals surface area contributed by atoms with E-state index in [1.165, 1.54) is 28.4 Å². The Hall–Kier alpha value is -3.03. The van der Waals surface area contributed by atoms with E-state index in [1.807, 2.05) is 30.5 Å². The Bertz CT molecular complexity index is 1140. The number of benzene rings is 2. The molecule has 29 heavy (non-hydrogen) atoms. The Morgan fingerprint density at radius 3 is 2.69 bits per heavy atom. The number of nitrogens with zero attached hydrogens (tertiary/aromatic N) is 2. The summed E-state index contributed by atoms with van der Waals surface area (Å²) < 4.78 is 14.2. The number of aromatic amines is 1. The first-order chi connectivity index (χ1) is 14.1. The summed E-state index contributed by atoms with van der Waals surface area (Å²) in [4.78, 5) is 20.7. The number of halogens is 1. The standard InChI is InChI=1S/C22H20FN3O2S/c23-18-7-3-1-5-16(18)12-26(13-21-25-20(14-29-21)22(27)28)10-9-15-11-24-19-8-4-2-6-17(15)19/h1-8,11,14,24H,9-10,12-13H2,(H,27,28). The van der Waals surface area contributed by atoms with Crippen LogP contribution in [0.15, 0.2) is 60.1 Å². The van der Waals surface area contributed by atoms with Crippen LogP contribution >= 0.6 is 11.3 Å². The van der Waals surface area contributed by atoms with Gasteiger partial charge in [0.2, 0.25) is 0 Å². The molecule has 0 saturated carbocycles. The molecule has 4 rings (SSSR count). The highest BCUT2D eigenvalue weighted by molar-refractivity contribution is 7.09. The highest BCUT2D eigenvalue weighted by atomic mass is 32.1. The minimum atomic E-state index is -1.04. The smallest absolute Gasteiger partial charge is 0.355 e. The summed E-state index contributed by atoms with van der Waals surface area (Å²) in [6.45, 7) is 1.59. The fourth-order valence-electron chi connectivity index (χ4n) is 3.37. The number of nitrogens with one attached hydrogen (secondary N) is 1. The molecular weight excluding hydrogens is 389 g/mol. The van der Waals surface area contributed by atoms with Crippen molar-refractivity contribution in [3.63, 3.8) is 0 Å². The van der Waals surface area contributed by atoms with Crippen molar-refractivity contribution in [3.8, 4) is 0 Å². The molecule has 2 heterocycles. The number of carbonyl (C=O) groups is 1. The van der Waals surface area contributed by atoms with Gasteiger partial charge >= 0.3 is 5.97 Å². The largest absolute Gasteiger partial charge is 0.476 e. The third-order valence-electron chi connectivity index (χ3n) is 4.85. The van der Waals surface area contributed by atoms with Gasteiger partial charge in [-0.05, 0) is 24.1 Å². The first-order valence-corrected chi connectivity index (χ1v) is 10.2. The summed E-state index contributed by atoms with van der Waals surface area (Å²) in [5, 5.41) is 12.5. The van der Waals surface area contributed by atoms with Gasteiger partial charge in [0, 0.05) is 41.1 Å². The van der Waals surface area contributed by atoms with Crippen LogP contribution in [0.2, 0.25) is 0 Å². The summed E-state index contributed by atoms with van der Waals surface area (Å²) in [6, 6.07) is 14.9. The van der Waals surface area contributed by atoms with Crippen LogP contribution in [0.4, 0.5) is 4.39 Å². The molecule has 0 atom stereocenters. The predicted molar refractivity (Wildman–Crippen MR) is 112 cm³/mol. The monoisotopic (exact) mass is 409 g/mol. The van der Waals surface area contributed by atoms with Crippen LogP contribution in [0.3, 0.4) is 0 Å². The van der Waals surface area contributed by atoms with Gasteiger partial charge in [-0.1, -0.05) is 36.4 Å². The number of thiazole rings is 1. The van der Waals surface area contributed by atoms with E-state index in [-0.39, 0.29) is 11.5 Å². The lowest BCUT2D eigenvalue weighted by atomic mass is 10.1. The van der Waals surface area contributed by atoms with E-state index >= 15 is 0 Å². The molecule has 0 radical (unpaired) electrons. The van der Waals surface area contributed by atoms with Crippen LogP contribution in [-0.2, 0) is 19.5 Å². The van der Waals surface area contributed by atoms with E-state index < -0.39 is 5.97 Å². The lowest BCUT2D eigenvalue weighted by molar-refractivity contribution is 0.0691. The van der Waals surface area contributed by atoms with E-state index in [2.05, 4.69) is 20.9 Å². The number of fused-ring (bicyclic) bond motifs is 1. The molecule has 5 nitrogen and oxygen atoms in total. The minimum Gasteiger partial charge on any atom is -0.476 e. The average Bonchev–Trinajstić information content (AvgIpc) is 3.35. The van der Waals surface area contributed by atoms with Crippen LogP contribution < -0.4 is 0 Å². The zero-order valence-electron chi connectivity index (χ0n) is 15.6. The highest BCUT2D eigenvalue weighted by Gasteiger charge is 2.15. The fraction of sp³-hybridized carbons (Fsp3) is 0.182. The Balaban J connectivity index is 1.53. The van der Waals surface area contributed by atoms with Crippen LogP contribution in [-0.4, -0.2) is 32.5 Å². The van der Waals surface area contributed by atoms with Crippen molar-refractivity contribution in [2.45, 2.75) is 19.5 Å². The van der Waals surface area contributed by atoms with Crippen molar-refractivity contribution in [2.75, 3.05) is 6.54 Å². The molecule has 4 aromatic rings. The first kappa shape index (κ1) is 19.3. The Labute approximate surface area is 171 Å². The molecule has 0 aliphatic carbocycles. The van der Waals surface area contributed by atoms with Crippen molar-refractivity contribution >= 4 is 28.2 Å². The van der Waals surface area contributed by atoms with E-state index in [0.717, 1.165) is 11.9 Å². The maximum absolute atomic E-state index is 14.2. The highest BCUT2D eigenvalue weighted by Crippen LogP contribution is 2.20. The first-order valence-electron chi connectivity index (χ1n) is 9.28. The molecule has 7 heteroatoms. The summed E-state index contributed by atoms with van der Waals surface area (Å²) in [5.41, 5.74) is 2.95. The van der Waals surface area contributed by atoms with Gasteiger partial charge in [0.25, 0.3) is 0 Å². The van der Waals surface area contributed by atoms with Gasteiger partial charge in [-0.15, -0.1) is 11.3 Å². The third-order valence-corrected chi connectivity index (χ3v) is 5.69. The van der Waals surface area contributed by atoms with Crippen molar-refractivity contribution < 1.29 is 14.3 Å². The number of carboxylic acid groups (broad SMARTS) is 1. The summed E-state index contributed by atoms with van der Waals surface area (Å²) >= 11 is 1.31. The zero-order valence-corrected chi connectivity index (χ0v) is 16.5. The quantitative estimate of drug-likeness (QED) is 0.442. The molecule has 0 amide bonds. The van der Waals surface area contributed by atoms with Gasteiger partial charge in [-0.3, -0.25) is 4.90 Å². The van der Waals surface area contributed by atoms with E-state index in [9.17, 15) is 9.18 Å². The fourth-order valence-corrected chi connectivity index (χ4v) is 4.18. The van der Waals surface area contributed by atoms with Crippen LogP contribution in [0.25, 0.3) is 10.9 Å². The molecule has 0 aliphatic heterocycles. The number of aromatic nitrogens is 2. The van der Waals surface area contributed by atoms with E-state index in [4.69, 9.17) is 5.11 Å². The second-order valence-corrected chi connectivity index (χ2v) is 7.79. The second-order valence-electron chi connectivity index (χ2n) is 6.84. The number of hydrogen-bond donors (Lipinski definition) is 2. The SMILES string of the molecule is O=C(O)c1csc(CN(CCc2c[nH]c3ccccc23)Cc2ccccc2F)n1. The van der Waals surface area contributed by atoms with Gasteiger partial charge in [0.1, 0.15) is 10.8 Å². The average molecular weight is 409 g/mol. The van der Waals surface area contributed by atoms with Gasteiger partial charge in [-0.2, -0.15) is 0 Å². The second kappa shape index (κ2) is 8.55. The van der Waals surface area contributed by atoms with Crippen molar-refractivity contribution in [3.05, 3.63) is 87.8 Å². The lowest BCUT2D eigenvalue weighted by Crippen LogP contribution is -2.26. The van der Waals surface area contributed by atoms with Gasteiger partial charge < -0.3 is 10.1 Å². The van der Waals surface area contributed by atoms with Crippen LogP contribution in [0.5, 0.6) is 0 Å². The molecule has 0 bridgehead atoms. The molecular formula is C22H20FN3O2S. The third kappa shape index (κ3) is 4.52. The Morgan fingerprint density at radius 2 is 1.90 bits per heavy atom. The normalized spacial score (nSPS) is 11.4. The van der Waals surface area contributed by atoms with Crippen LogP contribution in [0.1, 0.15) is 26.6 Å². The molecule has 2 aromatic heterocycles. The summed E-state index contributed by atoms with van der Waals surface area (Å²) in [7, 11) is 0. The predicted octanol–water partition coefficient (Wildman–Crippen LogP) is 4.71. The lowest BCUT2D eigenvalue weighted by Gasteiger charge is -2.21. The summed E-state index contributed by atoms with van der Waals surface area (Å²) in [5.74, 6) is -1.28. The molecule has 0 fully saturated rings. The number of aromatic carboxylic acids is 1. The maximum atomic E-state index is 14.2. The molecule has 0 saturated heterocycles. The molecule has 0 aliphatic rings. The molecule has 0 unspecified atom stereocenters. The number of H-pyrrole nitrogens is 1. The topological polar surface area (TPSA) is 69.2 Å². The zero-order chi connectivity index (χ0) is 20.2. The summed E-state index contributed by atoms with van der Waals surface area (Å²) in [6.07, 6.45) is 2.80. The van der Waals surface area contributed by atoms with E-state index in [0.29, 0.717) is 30.2 Å². The molecule has 2 aromatic carbocycles. The maximum Gasteiger partial charge on any atom is 0.355 e. The van der Waals surface area contributed by atoms with Crippen LogP contribution in [0, 0.1) is 5.82 Å². The van der Waals surface area contributed by atoms with E-state index in [1.54, 1.807) is 17.5 Å². The van der Waals surface area contributed by atoms with Crippen molar-refractivity contribution in [1.29, 1.82) is 0 Å². The van der Waals surface area contributed by atoms with Gasteiger partial charge in [0.15, 0.2) is 5.69 Å². The molecule has 148 valence electrons. The molecule has 0 spiro atoms. The van der Waals surface area contributed by atoms with Crippen molar-refractivity contribution in [1.82, 2.24) is 14.9 Å². The minimum absolute atomic E-state index is 0.0486. The van der Waals surface area contributed by atoms with Gasteiger partial charge in [-0.25, -0.2) is 14.2 Å². The number of para-hydroxylation sites is 1. The number of rotatable bonds is 8.